The van der Waals surface area contributed by atoms with Crippen molar-refractivity contribution in [3.8, 4) is 0 Å². The number of carbonyl (C=O) groups is 1. The molecule has 0 bridgehead atoms. The van der Waals surface area contributed by atoms with Gasteiger partial charge in [-0.15, -0.1) is 0 Å². The number of piperidine rings is 1. The first-order valence-corrected chi connectivity index (χ1v) is 8.24. The maximum absolute atomic E-state index is 11.6. The Morgan fingerprint density at radius 1 is 1.35 bits per heavy atom. The Kier molecular flexibility index (Phi) is 6.11. The highest BCUT2D eigenvalue weighted by Gasteiger charge is 2.13. The normalized spacial score (nSPS) is 15.2. The highest BCUT2D eigenvalue weighted by Crippen LogP contribution is 2.22. The zero-order chi connectivity index (χ0) is 14.2. The molecule has 0 radical (unpaired) electrons. The minimum absolute atomic E-state index is 0.0648. The van der Waals surface area contributed by atoms with Gasteiger partial charge in [-0.25, -0.2) is 9.97 Å². The Hall–Kier alpha value is -1.30. The SMILES string of the molecule is CCCNC(=O)CSc1cc(N2CCCCC2)ncn1. The summed E-state index contributed by atoms with van der Waals surface area (Å²) in [7, 11) is 0. The largest absolute Gasteiger partial charge is 0.356 e. The van der Waals surface area contributed by atoms with E-state index in [-0.39, 0.29) is 5.91 Å². The third-order valence-electron chi connectivity index (χ3n) is 3.23. The van der Waals surface area contributed by atoms with Crippen LogP contribution in [0.3, 0.4) is 0 Å². The molecule has 2 rings (SSSR count). The van der Waals surface area contributed by atoms with Gasteiger partial charge in [-0.05, 0) is 25.7 Å². The lowest BCUT2D eigenvalue weighted by atomic mass is 10.1. The van der Waals surface area contributed by atoms with Gasteiger partial charge in [-0.3, -0.25) is 4.79 Å². The van der Waals surface area contributed by atoms with Gasteiger partial charge in [-0.2, -0.15) is 0 Å². The van der Waals surface area contributed by atoms with Crippen LogP contribution in [0.25, 0.3) is 0 Å². The Morgan fingerprint density at radius 2 is 2.15 bits per heavy atom. The van der Waals surface area contributed by atoms with Crippen molar-refractivity contribution in [1.82, 2.24) is 15.3 Å². The number of hydrogen-bond acceptors (Lipinski definition) is 5. The van der Waals surface area contributed by atoms with E-state index in [1.54, 1.807) is 6.33 Å². The quantitative estimate of drug-likeness (QED) is 0.643. The highest BCUT2D eigenvalue weighted by atomic mass is 32.2. The van der Waals surface area contributed by atoms with Crippen LogP contribution in [0.1, 0.15) is 32.6 Å². The summed E-state index contributed by atoms with van der Waals surface area (Å²) in [5.41, 5.74) is 0. The van der Waals surface area contributed by atoms with Crippen LogP contribution in [-0.2, 0) is 4.79 Å². The molecule has 1 aliphatic rings. The van der Waals surface area contributed by atoms with Crippen molar-refractivity contribution in [2.75, 3.05) is 30.3 Å². The number of nitrogens with zero attached hydrogens (tertiary/aromatic N) is 3. The average Bonchev–Trinajstić information content (AvgIpc) is 2.52. The van der Waals surface area contributed by atoms with Gasteiger partial charge in [0.25, 0.3) is 0 Å². The number of carbonyl (C=O) groups excluding carboxylic acids is 1. The first kappa shape index (κ1) is 15.1. The number of nitrogens with one attached hydrogen (secondary N) is 1. The van der Waals surface area contributed by atoms with Gasteiger partial charge >= 0.3 is 0 Å². The Bertz CT molecular complexity index is 435. The molecule has 1 aromatic rings. The first-order valence-electron chi connectivity index (χ1n) is 7.26. The molecular weight excluding hydrogens is 272 g/mol. The van der Waals surface area contributed by atoms with Crippen LogP contribution >= 0.6 is 11.8 Å². The van der Waals surface area contributed by atoms with Gasteiger partial charge in [-0.1, -0.05) is 18.7 Å². The van der Waals surface area contributed by atoms with Crippen LogP contribution in [0.2, 0.25) is 0 Å². The summed E-state index contributed by atoms with van der Waals surface area (Å²) < 4.78 is 0. The highest BCUT2D eigenvalue weighted by molar-refractivity contribution is 7.99. The molecule has 1 saturated heterocycles. The van der Waals surface area contributed by atoms with Gasteiger partial charge in [0.15, 0.2) is 0 Å². The molecule has 1 fully saturated rings. The van der Waals surface area contributed by atoms with Gasteiger partial charge in [0, 0.05) is 25.7 Å². The van der Waals surface area contributed by atoms with Crippen LogP contribution < -0.4 is 10.2 Å². The van der Waals surface area contributed by atoms with E-state index in [0.717, 1.165) is 36.9 Å². The van der Waals surface area contributed by atoms with E-state index in [0.29, 0.717) is 5.75 Å². The molecule has 5 nitrogen and oxygen atoms in total. The third kappa shape index (κ3) is 4.67. The van der Waals surface area contributed by atoms with Crippen molar-refractivity contribution in [1.29, 1.82) is 0 Å². The monoisotopic (exact) mass is 294 g/mol. The van der Waals surface area contributed by atoms with Crippen molar-refractivity contribution in [2.45, 2.75) is 37.6 Å². The third-order valence-corrected chi connectivity index (χ3v) is 4.16. The van der Waals surface area contributed by atoms with Gasteiger partial charge < -0.3 is 10.2 Å². The summed E-state index contributed by atoms with van der Waals surface area (Å²) in [6, 6.07) is 1.99. The fraction of sp³-hybridized carbons (Fsp3) is 0.643. The molecule has 1 N–H and O–H groups in total. The van der Waals surface area contributed by atoms with Crippen LogP contribution in [0, 0.1) is 0 Å². The molecule has 1 aliphatic heterocycles. The van der Waals surface area contributed by atoms with Crippen LogP contribution in [0.4, 0.5) is 5.82 Å². The summed E-state index contributed by atoms with van der Waals surface area (Å²) in [6.45, 7) is 4.92. The zero-order valence-electron chi connectivity index (χ0n) is 12.0. The number of rotatable bonds is 6. The molecule has 0 aromatic carbocycles. The lowest BCUT2D eigenvalue weighted by Crippen LogP contribution is -2.30. The number of amides is 1. The second kappa shape index (κ2) is 8.09. The van der Waals surface area contributed by atoms with E-state index in [1.807, 2.05) is 13.0 Å². The van der Waals surface area contributed by atoms with Gasteiger partial charge in [0.1, 0.15) is 17.2 Å². The summed E-state index contributed by atoms with van der Waals surface area (Å²) in [5.74, 6) is 1.46. The molecule has 0 unspecified atom stereocenters. The zero-order valence-corrected chi connectivity index (χ0v) is 12.8. The standard InChI is InChI=1S/C14H22N4OS/c1-2-6-15-13(19)10-20-14-9-12(16-11-17-14)18-7-4-3-5-8-18/h9,11H,2-8,10H2,1H3,(H,15,19). The maximum Gasteiger partial charge on any atom is 0.230 e. The molecule has 0 aliphatic carbocycles. The van der Waals surface area contributed by atoms with E-state index >= 15 is 0 Å². The molecule has 0 spiro atoms. The molecule has 1 amide bonds. The molecule has 20 heavy (non-hydrogen) atoms. The molecule has 1 aromatic heterocycles. The molecule has 0 atom stereocenters. The Balaban J connectivity index is 1.87. The predicted molar refractivity (Wildman–Crippen MR) is 82.1 cm³/mol. The van der Waals surface area contributed by atoms with Crippen molar-refractivity contribution in [3.05, 3.63) is 12.4 Å². The second-order valence-corrected chi connectivity index (χ2v) is 5.90. The molecule has 6 heteroatoms. The van der Waals surface area contributed by atoms with Crippen molar-refractivity contribution in [2.24, 2.45) is 0 Å². The molecule has 110 valence electrons. The lowest BCUT2D eigenvalue weighted by molar-refractivity contribution is -0.118. The number of anilines is 1. The Labute approximate surface area is 124 Å². The molecular formula is C14H22N4OS. The summed E-state index contributed by atoms with van der Waals surface area (Å²) in [5, 5.41) is 3.73. The van der Waals surface area contributed by atoms with Gasteiger partial charge in [0.05, 0.1) is 5.75 Å². The maximum atomic E-state index is 11.6. The van der Waals surface area contributed by atoms with E-state index in [4.69, 9.17) is 0 Å². The summed E-state index contributed by atoms with van der Waals surface area (Å²) in [4.78, 5) is 22.4. The molecule has 2 heterocycles. The van der Waals surface area contributed by atoms with Crippen molar-refractivity contribution in [3.63, 3.8) is 0 Å². The molecule has 0 saturated carbocycles. The summed E-state index contributed by atoms with van der Waals surface area (Å²) >= 11 is 1.47. The van der Waals surface area contributed by atoms with E-state index in [9.17, 15) is 4.79 Å². The van der Waals surface area contributed by atoms with Crippen molar-refractivity contribution < 1.29 is 4.79 Å². The van der Waals surface area contributed by atoms with E-state index < -0.39 is 0 Å². The van der Waals surface area contributed by atoms with Crippen LogP contribution in [-0.4, -0.2) is 41.3 Å². The first-order chi connectivity index (χ1) is 9.79. The smallest absolute Gasteiger partial charge is 0.230 e. The topological polar surface area (TPSA) is 58.1 Å². The minimum Gasteiger partial charge on any atom is -0.356 e. The fourth-order valence-electron chi connectivity index (χ4n) is 2.16. The number of hydrogen-bond donors (Lipinski definition) is 1. The van der Waals surface area contributed by atoms with Crippen molar-refractivity contribution >= 4 is 23.5 Å². The van der Waals surface area contributed by atoms with E-state index in [2.05, 4.69) is 20.2 Å². The lowest BCUT2D eigenvalue weighted by Gasteiger charge is -2.27. The fourth-order valence-corrected chi connectivity index (χ4v) is 2.85. The van der Waals surface area contributed by atoms with E-state index in [1.165, 1.54) is 31.0 Å². The second-order valence-electron chi connectivity index (χ2n) is 4.90. The van der Waals surface area contributed by atoms with Crippen LogP contribution in [0.5, 0.6) is 0 Å². The number of thioether (sulfide) groups is 1. The summed E-state index contributed by atoms with van der Waals surface area (Å²) in [6.07, 6.45) is 6.32. The van der Waals surface area contributed by atoms with Crippen LogP contribution in [0.15, 0.2) is 17.4 Å². The predicted octanol–water partition coefficient (Wildman–Crippen LogP) is 2.09. The minimum atomic E-state index is 0.0648. The number of aromatic nitrogens is 2. The average molecular weight is 294 g/mol. The van der Waals surface area contributed by atoms with Gasteiger partial charge in [0.2, 0.25) is 5.91 Å². The Morgan fingerprint density at radius 3 is 2.90 bits per heavy atom.